The Hall–Kier alpha value is -1.69. The van der Waals surface area contributed by atoms with Crippen LogP contribution < -0.4 is 0 Å². The summed E-state index contributed by atoms with van der Waals surface area (Å²) in [6.07, 6.45) is 0.582. The summed E-state index contributed by atoms with van der Waals surface area (Å²) in [5.41, 5.74) is 1.71. The molecule has 18 heavy (non-hydrogen) atoms. The third-order valence-electron chi connectivity index (χ3n) is 2.65. The molecule has 0 bridgehead atoms. The minimum Gasteiger partial charge on any atom is -0.476 e. The molecule has 5 nitrogen and oxygen atoms in total. The van der Waals surface area contributed by atoms with Crippen molar-refractivity contribution in [2.45, 2.75) is 19.9 Å². The van der Waals surface area contributed by atoms with E-state index in [4.69, 9.17) is 5.11 Å². The van der Waals surface area contributed by atoms with Crippen LogP contribution >= 0.6 is 15.9 Å². The van der Waals surface area contributed by atoms with E-state index in [1.54, 1.807) is 4.68 Å². The first-order valence-corrected chi connectivity index (χ1v) is 6.31. The highest BCUT2D eigenvalue weighted by Gasteiger charge is 2.17. The molecule has 1 N–H and O–H groups in total. The lowest BCUT2D eigenvalue weighted by atomic mass is 10.2. The molecule has 0 radical (unpaired) electrons. The summed E-state index contributed by atoms with van der Waals surface area (Å²) in [7, 11) is 0. The van der Waals surface area contributed by atoms with Crippen LogP contribution in [0.3, 0.4) is 0 Å². The minimum absolute atomic E-state index is 0.0320. The predicted octanol–water partition coefficient (Wildman–Crippen LogP) is 2.35. The number of carbonyl (C=O) groups is 1. The molecule has 0 amide bonds. The second-order valence-corrected chi connectivity index (χ2v) is 4.65. The lowest BCUT2D eigenvalue weighted by Gasteiger charge is -2.07. The average Bonchev–Trinajstić information content (AvgIpc) is 2.75. The van der Waals surface area contributed by atoms with Crippen LogP contribution in [0.25, 0.3) is 0 Å². The molecule has 94 valence electrons. The van der Waals surface area contributed by atoms with Crippen molar-refractivity contribution in [2.75, 3.05) is 0 Å². The van der Waals surface area contributed by atoms with Gasteiger partial charge in [-0.3, -0.25) is 0 Å². The van der Waals surface area contributed by atoms with E-state index in [1.807, 2.05) is 31.2 Å². The van der Waals surface area contributed by atoms with Gasteiger partial charge < -0.3 is 5.11 Å². The van der Waals surface area contributed by atoms with Crippen LogP contribution in [0.2, 0.25) is 0 Å². The number of rotatable bonds is 4. The third-order valence-corrected chi connectivity index (χ3v) is 3.43. The summed E-state index contributed by atoms with van der Waals surface area (Å²) in [6.45, 7) is 2.40. The van der Waals surface area contributed by atoms with Gasteiger partial charge in [-0.15, -0.1) is 5.10 Å². The van der Waals surface area contributed by atoms with Gasteiger partial charge in [-0.1, -0.05) is 46.3 Å². The number of carboxylic acid groups (broad SMARTS) is 1. The zero-order valence-electron chi connectivity index (χ0n) is 9.80. The number of aromatic carboxylic acids is 1. The number of hydrogen-bond acceptors (Lipinski definition) is 3. The van der Waals surface area contributed by atoms with Gasteiger partial charge in [-0.2, -0.15) is 0 Å². The normalized spacial score (nSPS) is 10.6. The molecule has 2 rings (SSSR count). The molecule has 0 aliphatic carbocycles. The molecule has 0 spiro atoms. The summed E-state index contributed by atoms with van der Waals surface area (Å²) in [6, 6.07) is 7.76. The molecule has 0 fully saturated rings. The van der Waals surface area contributed by atoms with Gasteiger partial charge in [0.1, 0.15) is 0 Å². The van der Waals surface area contributed by atoms with Crippen LogP contribution in [0.4, 0.5) is 0 Å². The van der Waals surface area contributed by atoms with Crippen LogP contribution in [0, 0.1) is 0 Å². The smallest absolute Gasteiger partial charge is 0.358 e. The SMILES string of the molecule is CCc1c(C(=O)O)nnn1Cc1ccccc1Br. The zero-order valence-corrected chi connectivity index (χ0v) is 11.4. The first-order chi connectivity index (χ1) is 8.63. The van der Waals surface area contributed by atoms with E-state index in [-0.39, 0.29) is 5.69 Å². The largest absolute Gasteiger partial charge is 0.476 e. The molecule has 1 aromatic heterocycles. The highest BCUT2D eigenvalue weighted by Crippen LogP contribution is 2.18. The molecule has 2 aromatic rings. The van der Waals surface area contributed by atoms with Crippen LogP contribution in [0.1, 0.15) is 28.7 Å². The Labute approximate surface area is 113 Å². The van der Waals surface area contributed by atoms with Gasteiger partial charge in [0, 0.05) is 4.47 Å². The van der Waals surface area contributed by atoms with Crippen LogP contribution in [-0.2, 0) is 13.0 Å². The number of hydrogen-bond donors (Lipinski definition) is 1. The maximum atomic E-state index is 11.0. The van der Waals surface area contributed by atoms with Crippen molar-refractivity contribution in [3.63, 3.8) is 0 Å². The van der Waals surface area contributed by atoms with E-state index in [2.05, 4.69) is 26.2 Å². The van der Waals surface area contributed by atoms with Crippen molar-refractivity contribution in [2.24, 2.45) is 0 Å². The standard InChI is InChI=1S/C12H12BrN3O2/c1-2-10-11(12(17)18)14-15-16(10)7-8-5-3-4-6-9(8)13/h3-6H,2,7H2,1H3,(H,17,18). The van der Waals surface area contributed by atoms with Gasteiger partial charge in [0.05, 0.1) is 12.2 Å². The van der Waals surface area contributed by atoms with Crippen LogP contribution in [-0.4, -0.2) is 26.1 Å². The Balaban J connectivity index is 2.35. The van der Waals surface area contributed by atoms with E-state index in [0.29, 0.717) is 18.7 Å². The van der Waals surface area contributed by atoms with E-state index in [1.165, 1.54) is 0 Å². The Morgan fingerprint density at radius 2 is 2.17 bits per heavy atom. The van der Waals surface area contributed by atoms with Crippen molar-refractivity contribution >= 4 is 21.9 Å². The quantitative estimate of drug-likeness (QED) is 0.941. The van der Waals surface area contributed by atoms with Crippen molar-refractivity contribution in [3.8, 4) is 0 Å². The highest BCUT2D eigenvalue weighted by molar-refractivity contribution is 9.10. The zero-order chi connectivity index (χ0) is 13.1. The molecule has 0 atom stereocenters. The number of aromatic nitrogens is 3. The molecule has 1 heterocycles. The molecular weight excluding hydrogens is 298 g/mol. The molecule has 1 aromatic carbocycles. The third kappa shape index (κ3) is 2.43. The maximum Gasteiger partial charge on any atom is 0.358 e. The summed E-state index contributed by atoms with van der Waals surface area (Å²) in [5, 5.41) is 16.6. The monoisotopic (exact) mass is 309 g/mol. The van der Waals surface area contributed by atoms with Crippen LogP contribution in [0.5, 0.6) is 0 Å². The van der Waals surface area contributed by atoms with E-state index >= 15 is 0 Å². The molecule has 0 saturated heterocycles. The molecule has 0 aliphatic heterocycles. The molecule has 0 saturated carbocycles. The minimum atomic E-state index is -1.04. The van der Waals surface area contributed by atoms with Crippen molar-refractivity contribution in [3.05, 3.63) is 45.7 Å². The Bertz CT molecular complexity index is 580. The number of nitrogens with zero attached hydrogens (tertiary/aromatic N) is 3. The fraction of sp³-hybridized carbons (Fsp3) is 0.250. The highest BCUT2D eigenvalue weighted by atomic mass is 79.9. The average molecular weight is 310 g/mol. The molecule has 6 heteroatoms. The van der Waals surface area contributed by atoms with Crippen molar-refractivity contribution in [1.29, 1.82) is 0 Å². The lowest BCUT2D eigenvalue weighted by molar-refractivity contribution is 0.0689. The number of carboxylic acids is 1. The van der Waals surface area contributed by atoms with Crippen molar-refractivity contribution in [1.82, 2.24) is 15.0 Å². The lowest BCUT2D eigenvalue weighted by Crippen LogP contribution is -2.08. The topological polar surface area (TPSA) is 68.0 Å². The van der Waals surface area contributed by atoms with Crippen molar-refractivity contribution < 1.29 is 9.90 Å². The summed E-state index contributed by atoms with van der Waals surface area (Å²) in [4.78, 5) is 11.0. The Kier molecular flexibility index (Phi) is 3.76. The van der Waals surface area contributed by atoms with Gasteiger partial charge >= 0.3 is 5.97 Å². The van der Waals surface area contributed by atoms with Gasteiger partial charge in [0.15, 0.2) is 5.69 Å². The summed E-state index contributed by atoms with van der Waals surface area (Å²) in [5.74, 6) is -1.04. The molecular formula is C12H12BrN3O2. The van der Waals surface area contributed by atoms with Crippen LogP contribution in [0.15, 0.2) is 28.7 Å². The maximum absolute atomic E-state index is 11.0. The fourth-order valence-electron chi connectivity index (χ4n) is 1.76. The summed E-state index contributed by atoms with van der Waals surface area (Å²) >= 11 is 3.46. The first-order valence-electron chi connectivity index (χ1n) is 5.52. The van der Waals surface area contributed by atoms with E-state index < -0.39 is 5.97 Å². The molecule has 0 aliphatic rings. The second-order valence-electron chi connectivity index (χ2n) is 3.79. The summed E-state index contributed by atoms with van der Waals surface area (Å²) < 4.78 is 2.60. The van der Waals surface area contributed by atoms with E-state index in [9.17, 15) is 4.79 Å². The molecule has 0 unspecified atom stereocenters. The second kappa shape index (κ2) is 5.30. The number of halogens is 1. The first kappa shape index (κ1) is 12.8. The van der Waals surface area contributed by atoms with E-state index in [0.717, 1.165) is 10.0 Å². The number of benzene rings is 1. The van der Waals surface area contributed by atoms with Gasteiger partial charge in [-0.05, 0) is 18.1 Å². The Morgan fingerprint density at radius 3 is 2.78 bits per heavy atom. The fourth-order valence-corrected chi connectivity index (χ4v) is 2.17. The Morgan fingerprint density at radius 1 is 1.44 bits per heavy atom. The van der Waals surface area contributed by atoms with Gasteiger partial charge in [-0.25, -0.2) is 9.48 Å². The van der Waals surface area contributed by atoms with Gasteiger partial charge in [0.25, 0.3) is 0 Å². The predicted molar refractivity (Wildman–Crippen MR) is 69.6 cm³/mol. The van der Waals surface area contributed by atoms with Gasteiger partial charge in [0.2, 0.25) is 0 Å².